The van der Waals surface area contributed by atoms with Crippen molar-refractivity contribution in [3.05, 3.63) is 30.1 Å². The fourth-order valence-electron chi connectivity index (χ4n) is 2.06. The molecule has 1 aromatic heterocycles. The van der Waals surface area contributed by atoms with E-state index in [9.17, 15) is 9.50 Å². The van der Waals surface area contributed by atoms with Gasteiger partial charge in [0.15, 0.2) is 0 Å². The number of benzene rings is 1. The molecule has 0 spiro atoms. The number of rotatable bonds is 8. The second-order valence-electron chi connectivity index (χ2n) is 4.95. The zero-order chi connectivity index (χ0) is 15.9. The van der Waals surface area contributed by atoms with Crippen LogP contribution in [0.1, 0.15) is 13.8 Å². The van der Waals surface area contributed by atoms with E-state index in [0.717, 1.165) is 13.1 Å². The van der Waals surface area contributed by atoms with E-state index in [1.807, 2.05) is 0 Å². The maximum Gasteiger partial charge on any atom is 0.321 e. The molecule has 0 fully saturated rings. The van der Waals surface area contributed by atoms with Gasteiger partial charge in [-0.25, -0.2) is 4.39 Å². The minimum absolute atomic E-state index is 0.234. The summed E-state index contributed by atoms with van der Waals surface area (Å²) in [6, 6.07) is 6.08. The van der Waals surface area contributed by atoms with Crippen LogP contribution in [0.2, 0.25) is 0 Å². The molecule has 0 aliphatic carbocycles. The van der Waals surface area contributed by atoms with Crippen LogP contribution in [0.4, 0.5) is 10.4 Å². The predicted octanol–water partition coefficient (Wildman–Crippen LogP) is 1.99. The number of likely N-dealkylation sites (N-methyl/N-ethyl adjacent to an activating group) is 1. The number of anilines is 1. The van der Waals surface area contributed by atoms with Gasteiger partial charge in [0, 0.05) is 18.7 Å². The number of aromatic nitrogens is 2. The highest BCUT2D eigenvalue weighted by molar-refractivity contribution is 5.55. The normalized spacial score (nSPS) is 12.6. The fourth-order valence-corrected chi connectivity index (χ4v) is 2.06. The van der Waals surface area contributed by atoms with Crippen LogP contribution < -0.4 is 5.32 Å². The van der Waals surface area contributed by atoms with Crippen molar-refractivity contribution in [3.8, 4) is 11.4 Å². The number of hydrogen-bond acceptors (Lipinski definition) is 6. The SMILES string of the molecule is CCN(CC)CC(O)CNc1nc(-c2ccc(F)cc2)no1. The van der Waals surface area contributed by atoms with Gasteiger partial charge in [-0.3, -0.25) is 0 Å². The third-order valence-corrected chi connectivity index (χ3v) is 3.38. The smallest absolute Gasteiger partial charge is 0.321 e. The van der Waals surface area contributed by atoms with Gasteiger partial charge < -0.3 is 19.8 Å². The molecule has 0 aliphatic rings. The second-order valence-corrected chi connectivity index (χ2v) is 4.95. The summed E-state index contributed by atoms with van der Waals surface area (Å²) in [5, 5.41) is 16.7. The van der Waals surface area contributed by atoms with Crippen molar-refractivity contribution in [1.82, 2.24) is 15.0 Å². The molecule has 120 valence electrons. The van der Waals surface area contributed by atoms with Gasteiger partial charge in [-0.15, -0.1) is 0 Å². The number of hydrogen-bond donors (Lipinski definition) is 2. The van der Waals surface area contributed by atoms with E-state index in [1.54, 1.807) is 12.1 Å². The Morgan fingerprint density at radius 1 is 1.27 bits per heavy atom. The van der Waals surface area contributed by atoms with Crippen molar-refractivity contribution < 1.29 is 14.0 Å². The van der Waals surface area contributed by atoms with Crippen molar-refractivity contribution in [2.75, 3.05) is 31.5 Å². The highest BCUT2D eigenvalue weighted by Crippen LogP contribution is 2.17. The molecule has 7 heteroatoms. The zero-order valence-electron chi connectivity index (χ0n) is 12.8. The zero-order valence-corrected chi connectivity index (χ0v) is 12.8. The van der Waals surface area contributed by atoms with Crippen molar-refractivity contribution in [2.24, 2.45) is 0 Å². The van der Waals surface area contributed by atoms with Gasteiger partial charge in [-0.2, -0.15) is 4.98 Å². The van der Waals surface area contributed by atoms with Gasteiger partial charge in [0.1, 0.15) is 5.82 Å². The summed E-state index contributed by atoms with van der Waals surface area (Å²) in [6.45, 7) is 6.79. The molecule has 0 saturated carbocycles. The van der Waals surface area contributed by atoms with Crippen LogP contribution in [0.15, 0.2) is 28.8 Å². The summed E-state index contributed by atoms with van der Waals surface area (Å²) in [4.78, 5) is 6.29. The van der Waals surface area contributed by atoms with E-state index >= 15 is 0 Å². The second kappa shape index (κ2) is 7.86. The van der Waals surface area contributed by atoms with Gasteiger partial charge >= 0.3 is 6.01 Å². The first-order valence-electron chi connectivity index (χ1n) is 7.36. The van der Waals surface area contributed by atoms with Gasteiger partial charge in [-0.05, 0) is 37.4 Å². The molecule has 2 N–H and O–H groups in total. The third kappa shape index (κ3) is 4.51. The van der Waals surface area contributed by atoms with E-state index in [1.165, 1.54) is 12.1 Å². The number of halogens is 1. The lowest BCUT2D eigenvalue weighted by Crippen LogP contribution is -2.35. The first-order chi connectivity index (χ1) is 10.6. The summed E-state index contributed by atoms with van der Waals surface area (Å²) in [6.07, 6.45) is -0.527. The Morgan fingerprint density at radius 2 is 1.95 bits per heavy atom. The van der Waals surface area contributed by atoms with Crippen molar-refractivity contribution >= 4 is 6.01 Å². The third-order valence-electron chi connectivity index (χ3n) is 3.38. The van der Waals surface area contributed by atoms with E-state index in [-0.39, 0.29) is 11.8 Å². The maximum absolute atomic E-state index is 12.9. The van der Waals surface area contributed by atoms with Gasteiger partial charge in [0.05, 0.1) is 6.10 Å². The molecule has 6 nitrogen and oxygen atoms in total. The number of nitrogens with one attached hydrogen (secondary N) is 1. The monoisotopic (exact) mass is 308 g/mol. The summed E-state index contributed by atoms with van der Waals surface area (Å²) >= 11 is 0. The summed E-state index contributed by atoms with van der Waals surface area (Å²) in [5.74, 6) is 0.0610. The molecule has 1 heterocycles. The lowest BCUT2D eigenvalue weighted by Gasteiger charge is -2.21. The Morgan fingerprint density at radius 3 is 2.59 bits per heavy atom. The summed E-state index contributed by atoms with van der Waals surface area (Å²) < 4.78 is 17.9. The Bertz CT molecular complexity index is 569. The quantitative estimate of drug-likeness (QED) is 0.777. The van der Waals surface area contributed by atoms with E-state index < -0.39 is 6.10 Å². The standard InChI is InChI=1S/C15H21FN4O2/c1-3-20(4-2)10-13(21)9-17-15-18-14(19-22-15)11-5-7-12(16)8-6-11/h5-8,13,21H,3-4,9-10H2,1-2H3,(H,17,18,19). The highest BCUT2D eigenvalue weighted by Gasteiger charge is 2.12. The Hall–Kier alpha value is -1.99. The molecule has 0 bridgehead atoms. The lowest BCUT2D eigenvalue weighted by atomic mass is 10.2. The molecule has 0 amide bonds. The lowest BCUT2D eigenvalue weighted by molar-refractivity contribution is 0.127. The van der Waals surface area contributed by atoms with Crippen LogP contribution in [0.5, 0.6) is 0 Å². The van der Waals surface area contributed by atoms with E-state index in [2.05, 4.69) is 34.2 Å². The first kappa shape index (κ1) is 16.4. The highest BCUT2D eigenvalue weighted by atomic mass is 19.1. The molecule has 2 rings (SSSR count). The minimum Gasteiger partial charge on any atom is -0.390 e. The van der Waals surface area contributed by atoms with Gasteiger partial charge in [0.2, 0.25) is 5.82 Å². The van der Waals surface area contributed by atoms with Crippen LogP contribution in [0, 0.1) is 5.82 Å². The van der Waals surface area contributed by atoms with Crippen molar-refractivity contribution in [2.45, 2.75) is 20.0 Å². The maximum atomic E-state index is 12.9. The van der Waals surface area contributed by atoms with Crippen LogP contribution in [0.25, 0.3) is 11.4 Å². The molecule has 2 aromatic rings. The van der Waals surface area contributed by atoms with Crippen LogP contribution in [-0.2, 0) is 0 Å². The Kier molecular flexibility index (Phi) is 5.85. The van der Waals surface area contributed by atoms with Crippen LogP contribution in [0.3, 0.4) is 0 Å². The number of nitrogens with zero attached hydrogens (tertiary/aromatic N) is 3. The largest absolute Gasteiger partial charge is 0.390 e. The number of aliphatic hydroxyl groups excluding tert-OH is 1. The number of aliphatic hydroxyl groups is 1. The van der Waals surface area contributed by atoms with Gasteiger partial charge in [-0.1, -0.05) is 19.0 Å². The molecule has 22 heavy (non-hydrogen) atoms. The Balaban J connectivity index is 1.88. The molecule has 0 aliphatic heterocycles. The molecule has 0 saturated heterocycles. The average molecular weight is 308 g/mol. The van der Waals surface area contributed by atoms with Gasteiger partial charge in [0.25, 0.3) is 0 Å². The minimum atomic E-state index is -0.527. The molecule has 0 radical (unpaired) electrons. The van der Waals surface area contributed by atoms with Crippen LogP contribution in [-0.4, -0.2) is 52.4 Å². The average Bonchev–Trinajstić information content (AvgIpc) is 3.00. The molecular weight excluding hydrogens is 287 g/mol. The van der Waals surface area contributed by atoms with E-state index in [4.69, 9.17) is 4.52 Å². The molecular formula is C15H21FN4O2. The molecule has 1 unspecified atom stereocenters. The van der Waals surface area contributed by atoms with Crippen LogP contribution >= 0.6 is 0 Å². The van der Waals surface area contributed by atoms with E-state index in [0.29, 0.717) is 24.5 Å². The fraction of sp³-hybridized carbons (Fsp3) is 0.467. The predicted molar refractivity (Wildman–Crippen MR) is 82.0 cm³/mol. The van der Waals surface area contributed by atoms with Crippen molar-refractivity contribution in [3.63, 3.8) is 0 Å². The summed E-state index contributed by atoms with van der Waals surface area (Å²) in [5.41, 5.74) is 0.668. The Labute approximate surface area is 128 Å². The summed E-state index contributed by atoms with van der Waals surface area (Å²) in [7, 11) is 0. The topological polar surface area (TPSA) is 74.4 Å². The van der Waals surface area contributed by atoms with Crippen molar-refractivity contribution in [1.29, 1.82) is 0 Å². The first-order valence-corrected chi connectivity index (χ1v) is 7.36. The molecule has 1 atom stereocenters. The molecule has 1 aromatic carbocycles.